The summed E-state index contributed by atoms with van der Waals surface area (Å²) in [5.41, 5.74) is 2.50. The van der Waals surface area contributed by atoms with Crippen LogP contribution in [0.25, 0.3) is 5.69 Å². The molecule has 1 aliphatic heterocycles. The zero-order valence-corrected chi connectivity index (χ0v) is 10.3. The second-order valence-corrected chi connectivity index (χ2v) is 5.73. The normalized spacial score (nSPS) is 18.8. The van der Waals surface area contributed by atoms with E-state index >= 15 is 0 Å². The number of aromatic nitrogens is 2. The number of hydrogen-bond acceptors (Lipinski definition) is 2. The van der Waals surface area contributed by atoms with Crippen molar-refractivity contribution in [3.05, 3.63) is 42.0 Å². The lowest BCUT2D eigenvalue weighted by Crippen LogP contribution is -2.05. The van der Waals surface area contributed by atoms with E-state index in [4.69, 9.17) is 0 Å². The minimum absolute atomic E-state index is 0.587. The fourth-order valence-corrected chi connectivity index (χ4v) is 3.32. The van der Waals surface area contributed by atoms with E-state index < -0.39 is 0 Å². The van der Waals surface area contributed by atoms with Crippen molar-refractivity contribution in [2.24, 2.45) is 0 Å². The third kappa shape index (κ3) is 1.47. The second kappa shape index (κ2) is 3.67. The predicted octanol–water partition coefficient (Wildman–Crippen LogP) is 3.22. The van der Waals surface area contributed by atoms with Gasteiger partial charge >= 0.3 is 0 Å². The van der Waals surface area contributed by atoms with Crippen molar-refractivity contribution in [3.63, 3.8) is 0 Å². The second-order valence-electron chi connectivity index (χ2n) is 4.25. The molecule has 2 heterocycles. The van der Waals surface area contributed by atoms with Gasteiger partial charge in [-0.15, -0.1) is 11.8 Å². The number of fused-ring (bicyclic) bond motifs is 3. The molecule has 1 unspecified atom stereocenters. The number of nitrogens with zero attached hydrogens (tertiary/aromatic N) is 2. The van der Waals surface area contributed by atoms with E-state index in [0.29, 0.717) is 5.25 Å². The molecule has 2 aromatic rings. The van der Waals surface area contributed by atoms with Crippen molar-refractivity contribution in [1.29, 1.82) is 0 Å². The predicted molar refractivity (Wildman–Crippen MR) is 67.3 cm³/mol. The standard InChI is InChI=1S/C13H14N2S/c1-9-8-14-13-7-10(2)16-12-6-4-3-5-11(12)15(9)13/h3-6,8,10H,7H2,1-2H3. The lowest BCUT2D eigenvalue weighted by molar-refractivity contribution is 0.819. The minimum atomic E-state index is 0.587. The molecule has 0 bridgehead atoms. The van der Waals surface area contributed by atoms with Gasteiger partial charge in [0.15, 0.2) is 0 Å². The van der Waals surface area contributed by atoms with Crippen molar-refractivity contribution in [2.75, 3.05) is 0 Å². The molecule has 1 aromatic heterocycles. The van der Waals surface area contributed by atoms with Gasteiger partial charge in [0.1, 0.15) is 5.82 Å². The van der Waals surface area contributed by atoms with Crippen LogP contribution in [0.4, 0.5) is 0 Å². The Morgan fingerprint density at radius 1 is 1.38 bits per heavy atom. The van der Waals surface area contributed by atoms with Crippen LogP contribution >= 0.6 is 11.8 Å². The van der Waals surface area contributed by atoms with Gasteiger partial charge in [0.25, 0.3) is 0 Å². The number of hydrogen-bond donors (Lipinski definition) is 0. The van der Waals surface area contributed by atoms with Crippen LogP contribution in [-0.2, 0) is 6.42 Å². The Labute approximate surface area is 99.7 Å². The summed E-state index contributed by atoms with van der Waals surface area (Å²) >= 11 is 1.94. The van der Waals surface area contributed by atoms with Gasteiger partial charge in [0.2, 0.25) is 0 Å². The smallest absolute Gasteiger partial charge is 0.114 e. The lowest BCUT2D eigenvalue weighted by atomic mass is 10.2. The van der Waals surface area contributed by atoms with Crippen LogP contribution in [0.3, 0.4) is 0 Å². The van der Waals surface area contributed by atoms with Gasteiger partial charge in [-0.3, -0.25) is 4.57 Å². The zero-order chi connectivity index (χ0) is 11.1. The summed E-state index contributed by atoms with van der Waals surface area (Å²) in [5, 5.41) is 0.587. The van der Waals surface area contributed by atoms with Crippen molar-refractivity contribution in [2.45, 2.75) is 30.4 Å². The van der Waals surface area contributed by atoms with Crippen LogP contribution in [0.5, 0.6) is 0 Å². The molecule has 2 nitrogen and oxygen atoms in total. The third-order valence-corrected chi connectivity index (χ3v) is 4.08. The average molecular weight is 230 g/mol. The van der Waals surface area contributed by atoms with Crippen LogP contribution in [0.1, 0.15) is 18.4 Å². The number of rotatable bonds is 0. The molecular formula is C13H14N2S. The zero-order valence-electron chi connectivity index (χ0n) is 9.47. The first-order valence-corrected chi connectivity index (χ1v) is 6.43. The molecule has 0 aliphatic carbocycles. The summed E-state index contributed by atoms with van der Waals surface area (Å²) in [6, 6.07) is 8.58. The largest absolute Gasteiger partial charge is 0.300 e. The molecular weight excluding hydrogens is 216 g/mol. The lowest BCUT2D eigenvalue weighted by Gasteiger charge is -2.09. The summed E-state index contributed by atoms with van der Waals surface area (Å²) < 4.78 is 2.28. The molecule has 0 radical (unpaired) electrons. The van der Waals surface area contributed by atoms with E-state index in [-0.39, 0.29) is 0 Å². The van der Waals surface area contributed by atoms with Crippen molar-refractivity contribution >= 4 is 11.8 Å². The summed E-state index contributed by atoms with van der Waals surface area (Å²) in [4.78, 5) is 5.87. The Bertz CT molecular complexity index is 530. The quantitative estimate of drug-likeness (QED) is 0.691. The molecule has 0 saturated heterocycles. The SMILES string of the molecule is Cc1cnc2n1-c1ccccc1SC(C)C2. The number of aryl methyl sites for hydroxylation is 1. The molecule has 0 fully saturated rings. The average Bonchev–Trinajstić information content (AvgIpc) is 2.55. The summed E-state index contributed by atoms with van der Waals surface area (Å²) in [6.07, 6.45) is 3.00. The number of thioether (sulfide) groups is 1. The Hall–Kier alpha value is -1.22. The Morgan fingerprint density at radius 2 is 2.19 bits per heavy atom. The molecule has 0 amide bonds. The topological polar surface area (TPSA) is 17.8 Å². The molecule has 0 spiro atoms. The molecule has 0 N–H and O–H groups in total. The molecule has 16 heavy (non-hydrogen) atoms. The Kier molecular flexibility index (Phi) is 2.28. The Balaban J connectivity index is 2.29. The number of para-hydroxylation sites is 1. The minimum Gasteiger partial charge on any atom is -0.300 e. The maximum Gasteiger partial charge on any atom is 0.114 e. The van der Waals surface area contributed by atoms with Crippen LogP contribution in [0.2, 0.25) is 0 Å². The van der Waals surface area contributed by atoms with Crippen LogP contribution in [0, 0.1) is 6.92 Å². The molecule has 1 atom stereocenters. The molecule has 3 heteroatoms. The van der Waals surface area contributed by atoms with Gasteiger partial charge < -0.3 is 0 Å². The summed E-state index contributed by atoms with van der Waals surface area (Å²) in [7, 11) is 0. The Morgan fingerprint density at radius 3 is 3.06 bits per heavy atom. The first-order chi connectivity index (χ1) is 7.75. The fraction of sp³-hybridized carbons (Fsp3) is 0.308. The summed E-state index contributed by atoms with van der Waals surface area (Å²) in [6.45, 7) is 4.38. The number of imidazole rings is 1. The maximum absolute atomic E-state index is 4.52. The fourth-order valence-electron chi connectivity index (χ4n) is 2.22. The van der Waals surface area contributed by atoms with E-state index in [1.807, 2.05) is 18.0 Å². The van der Waals surface area contributed by atoms with E-state index in [9.17, 15) is 0 Å². The first kappa shape index (κ1) is 9.97. The van der Waals surface area contributed by atoms with E-state index in [2.05, 4.69) is 47.7 Å². The van der Waals surface area contributed by atoms with Gasteiger partial charge in [-0.25, -0.2) is 4.98 Å². The maximum atomic E-state index is 4.52. The van der Waals surface area contributed by atoms with Gasteiger partial charge in [-0.05, 0) is 19.1 Å². The third-order valence-electron chi connectivity index (χ3n) is 2.92. The van der Waals surface area contributed by atoms with E-state index in [0.717, 1.165) is 6.42 Å². The summed E-state index contributed by atoms with van der Waals surface area (Å²) in [5.74, 6) is 1.18. The van der Waals surface area contributed by atoms with Gasteiger partial charge in [0.05, 0.1) is 5.69 Å². The van der Waals surface area contributed by atoms with Crippen molar-refractivity contribution in [3.8, 4) is 5.69 Å². The molecule has 82 valence electrons. The van der Waals surface area contributed by atoms with Crippen molar-refractivity contribution in [1.82, 2.24) is 9.55 Å². The van der Waals surface area contributed by atoms with Crippen LogP contribution in [0.15, 0.2) is 35.4 Å². The molecule has 1 aliphatic rings. The highest BCUT2D eigenvalue weighted by Gasteiger charge is 2.20. The highest BCUT2D eigenvalue weighted by Crippen LogP contribution is 2.35. The van der Waals surface area contributed by atoms with E-state index in [1.165, 1.54) is 22.1 Å². The highest BCUT2D eigenvalue weighted by molar-refractivity contribution is 8.00. The van der Waals surface area contributed by atoms with Crippen LogP contribution < -0.4 is 0 Å². The van der Waals surface area contributed by atoms with Gasteiger partial charge in [-0.2, -0.15) is 0 Å². The van der Waals surface area contributed by atoms with E-state index in [1.54, 1.807) is 0 Å². The molecule has 3 rings (SSSR count). The van der Waals surface area contributed by atoms with Crippen LogP contribution in [-0.4, -0.2) is 14.8 Å². The van der Waals surface area contributed by atoms with Gasteiger partial charge in [0, 0.05) is 28.5 Å². The highest BCUT2D eigenvalue weighted by atomic mass is 32.2. The first-order valence-electron chi connectivity index (χ1n) is 5.55. The van der Waals surface area contributed by atoms with Gasteiger partial charge in [-0.1, -0.05) is 19.1 Å². The number of benzene rings is 1. The molecule has 0 saturated carbocycles. The molecule has 1 aromatic carbocycles. The monoisotopic (exact) mass is 230 g/mol. The van der Waals surface area contributed by atoms with Crippen molar-refractivity contribution < 1.29 is 0 Å².